The Morgan fingerprint density at radius 2 is 2.21 bits per heavy atom. The molecule has 0 aliphatic rings. The van der Waals surface area contributed by atoms with Crippen LogP contribution in [0.2, 0.25) is 0 Å². The molecule has 1 N–H and O–H groups in total. The number of nitrogens with zero attached hydrogens (tertiary/aromatic N) is 1. The average molecular weight is 325 g/mol. The second kappa shape index (κ2) is 6.84. The van der Waals surface area contributed by atoms with Gasteiger partial charge < -0.3 is 14.5 Å². The molecule has 0 radical (unpaired) electrons. The largest absolute Gasteiger partial charge is 0.444 e. The summed E-state index contributed by atoms with van der Waals surface area (Å²) in [7, 11) is 1.69. The number of hydrogen-bond donors (Lipinski definition) is 1. The summed E-state index contributed by atoms with van der Waals surface area (Å²) in [5.41, 5.74) is 1.84. The summed E-state index contributed by atoms with van der Waals surface area (Å²) >= 11 is 3.49. The standard InChI is InChI=1S/C14H17BrN2O2/c1-10(8-18-2)16-7-11-9-19-14(17-11)12-5-3-4-6-13(12)15/h3-6,9-10,16H,7-8H2,1-2H3. The number of ether oxygens (including phenoxy) is 1. The van der Waals surface area contributed by atoms with Gasteiger partial charge in [-0.15, -0.1) is 0 Å². The minimum Gasteiger partial charge on any atom is -0.444 e. The van der Waals surface area contributed by atoms with Crippen LogP contribution >= 0.6 is 15.9 Å². The molecule has 1 heterocycles. The molecule has 0 bridgehead atoms. The van der Waals surface area contributed by atoms with E-state index in [-0.39, 0.29) is 6.04 Å². The second-order valence-corrected chi connectivity index (χ2v) is 5.22. The number of hydrogen-bond acceptors (Lipinski definition) is 4. The number of nitrogens with one attached hydrogen (secondary N) is 1. The Labute approximate surface area is 121 Å². The fourth-order valence-corrected chi connectivity index (χ4v) is 2.19. The van der Waals surface area contributed by atoms with Gasteiger partial charge in [-0.05, 0) is 35.0 Å². The SMILES string of the molecule is COCC(C)NCc1coc(-c2ccccc2Br)n1. The van der Waals surface area contributed by atoms with Crippen LogP contribution in [0.3, 0.4) is 0 Å². The topological polar surface area (TPSA) is 47.3 Å². The summed E-state index contributed by atoms with van der Waals surface area (Å²) in [4.78, 5) is 4.47. The third-order valence-corrected chi connectivity index (χ3v) is 3.40. The van der Waals surface area contributed by atoms with Crippen molar-refractivity contribution in [2.45, 2.75) is 19.5 Å². The van der Waals surface area contributed by atoms with E-state index in [1.54, 1.807) is 13.4 Å². The highest BCUT2D eigenvalue weighted by molar-refractivity contribution is 9.10. The first-order valence-corrected chi connectivity index (χ1v) is 6.91. The molecule has 0 saturated heterocycles. The smallest absolute Gasteiger partial charge is 0.227 e. The van der Waals surface area contributed by atoms with Crippen LogP contribution < -0.4 is 5.32 Å². The average Bonchev–Trinajstić information content (AvgIpc) is 2.86. The maximum Gasteiger partial charge on any atom is 0.227 e. The zero-order valence-electron chi connectivity index (χ0n) is 11.0. The van der Waals surface area contributed by atoms with Gasteiger partial charge in [0.05, 0.1) is 17.9 Å². The third-order valence-electron chi connectivity index (χ3n) is 2.70. The molecular formula is C14H17BrN2O2. The highest BCUT2D eigenvalue weighted by Gasteiger charge is 2.10. The van der Waals surface area contributed by atoms with Crippen molar-refractivity contribution in [3.63, 3.8) is 0 Å². The number of benzene rings is 1. The van der Waals surface area contributed by atoms with Crippen LogP contribution in [-0.4, -0.2) is 24.7 Å². The van der Waals surface area contributed by atoms with Crippen LogP contribution in [0.4, 0.5) is 0 Å². The summed E-state index contributed by atoms with van der Waals surface area (Å²) in [5, 5.41) is 3.32. The van der Waals surface area contributed by atoms with Crippen LogP contribution in [0.25, 0.3) is 11.5 Å². The highest BCUT2D eigenvalue weighted by atomic mass is 79.9. The van der Waals surface area contributed by atoms with Crippen molar-refractivity contribution in [3.05, 3.63) is 40.7 Å². The molecule has 1 aromatic heterocycles. The Morgan fingerprint density at radius 1 is 1.42 bits per heavy atom. The molecule has 0 aliphatic carbocycles. The molecule has 0 fully saturated rings. The number of aromatic nitrogens is 1. The van der Waals surface area contributed by atoms with Gasteiger partial charge in [0.2, 0.25) is 5.89 Å². The van der Waals surface area contributed by atoms with E-state index in [1.165, 1.54) is 0 Å². The first-order chi connectivity index (χ1) is 9.20. The Bertz CT molecular complexity index is 528. The van der Waals surface area contributed by atoms with Gasteiger partial charge in [-0.2, -0.15) is 0 Å². The molecule has 4 nitrogen and oxygen atoms in total. The van der Waals surface area contributed by atoms with E-state index in [4.69, 9.17) is 9.15 Å². The highest BCUT2D eigenvalue weighted by Crippen LogP contribution is 2.27. The van der Waals surface area contributed by atoms with Crippen molar-refractivity contribution >= 4 is 15.9 Å². The fraction of sp³-hybridized carbons (Fsp3) is 0.357. The molecule has 102 valence electrons. The van der Waals surface area contributed by atoms with E-state index < -0.39 is 0 Å². The minimum absolute atomic E-state index is 0.286. The van der Waals surface area contributed by atoms with Crippen molar-refractivity contribution < 1.29 is 9.15 Å². The summed E-state index contributed by atoms with van der Waals surface area (Å²) < 4.78 is 11.6. The Morgan fingerprint density at radius 3 is 2.95 bits per heavy atom. The van der Waals surface area contributed by atoms with E-state index >= 15 is 0 Å². The lowest BCUT2D eigenvalue weighted by Crippen LogP contribution is -2.29. The number of oxazole rings is 1. The van der Waals surface area contributed by atoms with Crippen LogP contribution in [-0.2, 0) is 11.3 Å². The molecule has 5 heteroatoms. The van der Waals surface area contributed by atoms with E-state index in [0.717, 1.165) is 15.7 Å². The van der Waals surface area contributed by atoms with Crippen LogP contribution in [0, 0.1) is 0 Å². The first-order valence-electron chi connectivity index (χ1n) is 6.12. The molecule has 19 heavy (non-hydrogen) atoms. The number of halogens is 1. The maximum atomic E-state index is 5.51. The van der Waals surface area contributed by atoms with Crippen molar-refractivity contribution in [1.82, 2.24) is 10.3 Å². The lowest BCUT2D eigenvalue weighted by molar-refractivity contribution is 0.171. The maximum absolute atomic E-state index is 5.51. The molecule has 0 saturated carbocycles. The van der Waals surface area contributed by atoms with E-state index in [0.29, 0.717) is 19.0 Å². The summed E-state index contributed by atoms with van der Waals surface area (Å²) in [5.74, 6) is 0.628. The summed E-state index contributed by atoms with van der Waals surface area (Å²) in [6, 6.07) is 8.15. The lowest BCUT2D eigenvalue weighted by Gasteiger charge is -2.10. The monoisotopic (exact) mass is 324 g/mol. The quantitative estimate of drug-likeness (QED) is 0.886. The van der Waals surface area contributed by atoms with Crippen molar-refractivity contribution in [3.8, 4) is 11.5 Å². The minimum atomic E-state index is 0.286. The van der Waals surface area contributed by atoms with Gasteiger partial charge in [-0.25, -0.2) is 4.98 Å². The molecule has 0 amide bonds. The first kappa shape index (κ1) is 14.2. The van der Waals surface area contributed by atoms with Gasteiger partial charge in [0.1, 0.15) is 6.26 Å². The molecule has 2 aromatic rings. The van der Waals surface area contributed by atoms with Gasteiger partial charge in [0.25, 0.3) is 0 Å². The van der Waals surface area contributed by atoms with Crippen LogP contribution in [0.15, 0.2) is 39.4 Å². The number of methoxy groups -OCH3 is 1. The lowest BCUT2D eigenvalue weighted by atomic mass is 10.2. The summed E-state index contributed by atoms with van der Waals surface area (Å²) in [6.45, 7) is 3.41. The Kier molecular flexibility index (Phi) is 5.13. The Balaban J connectivity index is 2.02. The van der Waals surface area contributed by atoms with E-state index in [2.05, 4.69) is 33.2 Å². The molecule has 0 aliphatic heterocycles. The zero-order chi connectivity index (χ0) is 13.7. The molecule has 0 spiro atoms. The van der Waals surface area contributed by atoms with Gasteiger partial charge >= 0.3 is 0 Å². The van der Waals surface area contributed by atoms with E-state index in [9.17, 15) is 0 Å². The molecule has 2 rings (SSSR count). The normalized spacial score (nSPS) is 12.6. The van der Waals surface area contributed by atoms with Crippen molar-refractivity contribution in [2.75, 3.05) is 13.7 Å². The van der Waals surface area contributed by atoms with Crippen molar-refractivity contribution in [2.24, 2.45) is 0 Å². The van der Waals surface area contributed by atoms with Gasteiger partial charge in [0, 0.05) is 24.2 Å². The molecule has 1 unspecified atom stereocenters. The predicted molar refractivity (Wildman–Crippen MR) is 77.8 cm³/mol. The van der Waals surface area contributed by atoms with E-state index in [1.807, 2.05) is 24.3 Å². The fourth-order valence-electron chi connectivity index (χ4n) is 1.73. The predicted octanol–water partition coefficient (Wildman–Crippen LogP) is 3.23. The molecular weight excluding hydrogens is 308 g/mol. The van der Waals surface area contributed by atoms with Gasteiger partial charge in [-0.1, -0.05) is 12.1 Å². The van der Waals surface area contributed by atoms with Gasteiger partial charge in [-0.3, -0.25) is 0 Å². The molecule has 1 atom stereocenters. The summed E-state index contributed by atoms with van der Waals surface area (Å²) in [6.07, 6.45) is 1.68. The van der Waals surface area contributed by atoms with Gasteiger partial charge in [0.15, 0.2) is 0 Å². The number of rotatable bonds is 6. The third kappa shape index (κ3) is 3.89. The zero-order valence-corrected chi connectivity index (χ0v) is 12.6. The van der Waals surface area contributed by atoms with Crippen molar-refractivity contribution in [1.29, 1.82) is 0 Å². The second-order valence-electron chi connectivity index (χ2n) is 4.36. The molecule has 1 aromatic carbocycles. The van der Waals surface area contributed by atoms with Crippen LogP contribution in [0.1, 0.15) is 12.6 Å². The van der Waals surface area contributed by atoms with Crippen LogP contribution in [0.5, 0.6) is 0 Å². The Hall–Kier alpha value is -1.17.